The quantitative estimate of drug-likeness (QED) is 0.0320. The lowest BCUT2D eigenvalue weighted by molar-refractivity contribution is -0.143. The number of allylic oxidation sites excluding steroid dienone is 2. The predicted octanol–water partition coefficient (Wildman–Crippen LogP) is 22.4. The fourth-order valence-electron chi connectivity index (χ4n) is 11.2. The van der Waals surface area contributed by atoms with Crippen molar-refractivity contribution in [3.63, 3.8) is 0 Å². The van der Waals surface area contributed by atoms with Gasteiger partial charge in [0.2, 0.25) is 5.91 Å². The van der Waals surface area contributed by atoms with Crippen LogP contribution in [0.5, 0.6) is 0 Å². The largest absolute Gasteiger partial charge is 0.466 e. The van der Waals surface area contributed by atoms with Crippen molar-refractivity contribution in [1.29, 1.82) is 0 Å². The highest BCUT2D eigenvalue weighted by Crippen LogP contribution is 2.19. The Morgan fingerprint density at radius 3 is 0.934 bits per heavy atom. The van der Waals surface area contributed by atoms with Crippen LogP contribution in [-0.2, 0) is 14.3 Å². The van der Waals surface area contributed by atoms with Gasteiger partial charge in [-0.25, -0.2) is 0 Å². The first-order valence-electron chi connectivity index (χ1n) is 34.9. The topological polar surface area (TPSA) is 95.9 Å². The SMILES string of the molecule is CCCCCCCCCCCCCC(=O)OCCCCCCCCCCCCCCCCCC/C=C\CCCCCCCCCCCCCCCCCCCC(=O)NC(CO)C(O)CCCCCCCCCCCCC. The van der Waals surface area contributed by atoms with Crippen LogP contribution in [-0.4, -0.2) is 47.4 Å². The third kappa shape index (κ3) is 61.8. The summed E-state index contributed by atoms with van der Waals surface area (Å²) in [5.41, 5.74) is 0. The molecule has 1 amide bonds. The Balaban J connectivity index is 3.30. The Morgan fingerprint density at radius 2 is 0.618 bits per heavy atom. The van der Waals surface area contributed by atoms with Crippen molar-refractivity contribution in [2.24, 2.45) is 0 Å². The van der Waals surface area contributed by atoms with Crippen LogP contribution in [0.3, 0.4) is 0 Å². The average molecular weight is 1070 g/mol. The number of nitrogens with one attached hydrogen (secondary N) is 1. The van der Waals surface area contributed by atoms with Gasteiger partial charge < -0.3 is 20.3 Å². The molecule has 2 atom stereocenters. The van der Waals surface area contributed by atoms with Gasteiger partial charge in [0.05, 0.1) is 25.4 Å². The molecule has 0 saturated carbocycles. The maximum absolute atomic E-state index is 12.5. The molecule has 2 unspecified atom stereocenters. The third-order valence-electron chi connectivity index (χ3n) is 16.6. The van der Waals surface area contributed by atoms with E-state index in [0.29, 0.717) is 25.9 Å². The Morgan fingerprint density at radius 1 is 0.355 bits per heavy atom. The number of hydrogen-bond acceptors (Lipinski definition) is 5. The second kappa shape index (κ2) is 66.1. The van der Waals surface area contributed by atoms with Crippen molar-refractivity contribution < 1.29 is 24.5 Å². The molecule has 0 aliphatic heterocycles. The normalized spacial score (nSPS) is 12.5. The second-order valence-electron chi connectivity index (χ2n) is 24.2. The van der Waals surface area contributed by atoms with E-state index >= 15 is 0 Å². The van der Waals surface area contributed by atoms with E-state index < -0.39 is 12.1 Å². The van der Waals surface area contributed by atoms with E-state index in [1.54, 1.807) is 0 Å². The molecule has 0 bridgehead atoms. The summed E-state index contributed by atoms with van der Waals surface area (Å²) >= 11 is 0. The second-order valence-corrected chi connectivity index (χ2v) is 24.2. The number of unbranched alkanes of at least 4 members (excludes halogenated alkanes) is 53. The Labute approximate surface area is 476 Å². The highest BCUT2D eigenvalue weighted by molar-refractivity contribution is 5.76. The molecule has 0 rings (SSSR count). The number of aliphatic hydroxyl groups excluding tert-OH is 2. The first kappa shape index (κ1) is 74.6. The number of carbonyl (C=O) groups excluding carboxylic acids is 2. The van der Waals surface area contributed by atoms with E-state index in [2.05, 4.69) is 31.3 Å². The molecule has 0 aliphatic carbocycles. The Kier molecular flexibility index (Phi) is 64.9. The summed E-state index contributed by atoms with van der Waals surface area (Å²) in [6.45, 7) is 4.97. The van der Waals surface area contributed by atoms with Gasteiger partial charge in [0.25, 0.3) is 0 Å². The van der Waals surface area contributed by atoms with Crippen molar-refractivity contribution in [3.05, 3.63) is 12.2 Å². The first-order chi connectivity index (χ1) is 37.5. The molecule has 0 radical (unpaired) electrons. The average Bonchev–Trinajstić information content (AvgIpc) is 3.42. The summed E-state index contributed by atoms with van der Waals surface area (Å²) in [7, 11) is 0. The van der Waals surface area contributed by atoms with E-state index in [0.717, 1.165) is 38.5 Å². The monoisotopic (exact) mass is 1070 g/mol. The summed E-state index contributed by atoms with van der Waals surface area (Å²) in [6.07, 6.45) is 81.4. The Bertz CT molecular complexity index is 1140. The van der Waals surface area contributed by atoms with Crippen molar-refractivity contribution >= 4 is 11.9 Å². The molecular formula is C70H137NO5. The van der Waals surface area contributed by atoms with Crippen LogP contribution in [0.2, 0.25) is 0 Å². The third-order valence-corrected chi connectivity index (χ3v) is 16.6. The highest BCUT2D eigenvalue weighted by atomic mass is 16.5. The molecular weight excluding hydrogens is 935 g/mol. The molecule has 0 aromatic carbocycles. The molecule has 6 nitrogen and oxygen atoms in total. The Hall–Kier alpha value is -1.40. The summed E-state index contributed by atoms with van der Waals surface area (Å²) < 4.78 is 5.48. The molecule has 452 valence electrons. The molecule has 0 aromatic heterocycles. The van der Waals surface area contributed by atoms with Gasteiger partial charge in [0.15, 0.2) is 0 Å². The van der Waals surface area contributed by atoms with Gasteiger partial charge >= 0.3 is 5.97 Å². The zero-order valence-electron chi connectivity index (χ0n) is 51.8. The molecule has 0 fully saturated rings. The lowest BCUT2D eigenvalue weighted by atomic mass is 10.0. The minimum absolute atomic E-state index is 0.0217. The van der Waals surface area contributed by atoms with Gasteiger partial charge in [-0.1, -0.05) is 347 Å². The highest BCUT2D eigenvalue weighted by Gasteiger charge is 2.20. The molecule has 76 heavy (non-hydrogen) atoms. The van der Waals surface area contributed by atoms with E-state index in [4.69, 9.17) is 4.74 Å². The zero-order chi connectivity index (χ0) is 55.0. The van der Waals surface area contributed by atoms with E-state index in [9.17, 15) is 19.8 Å². The smallest absolute Gasteiger partial charge is 0.305 e. The molecule has 0 aromatic rings. The number of rotatable bonds is 66. The number of esters is 1. The molecule has 0 spiro atoms. The minimum atomic E-state index is -0.659. The van der Waals surface area contributed by atoms with Gasteiger partial charge in [0.1, 0.15) is 0 Å². The van der Waals surface area contributed by atoms with Crippen LogP contribution < -0.4 is 5.32 Å². The maximum atomic E-state index is 12.5. The fourth-order valence-corrected chi connectivity index (χ4v) is 11.2. The standard InChI is InChI=1S/C70H137NO5/c1-3-5-7-9-11-13-42-46-50-54-58-62-68(73)67(66-72)71-69(74)63-59-55-51-47-44-40-38-36-34-32-30-28-26-24-22-20-18-16-15-17-19-21-23-25-27-29-31-33-35-37-39-41-45-49-53-57-61-65-76-70(75)64-60-56-52-48-43-14-12-10-8-6-4-2/h15,17,67-68,72-73H,3-14,16,18-66H2,1-2H3,(H,71,74)/b17-15-. The zero-order valence-corrected chi connectivity index (χ0v) is 51.8. The van der Waals surface area contributed by atoms with Crippen molar-refractivity contribution in [1.82, 2.24) is 5.32 Å². The van der Waals surface area contributed by atoms with Gasteiger partial charge in [-0.05, 0) is 51.4 Å². The van der Waals surface area contributed by atoms with Crippen molar-refractivity contribution in [2.45, 2.75) is 411 Å². The van der Waals surface area contributed by atoms with Crippen molar-refractivity contribution in [3.8, 4) is 0 Å². The van der Waals surface area contributed by atoms with Crippen LogP contribution in [0.15, 0.2) is 12.2 Å². The lowest BCUT2D eigenvalue weighted by Gasteiger charge is -2.22. The van der Waals surface area contributed by atoms with Crippen LogP contribution in [0.25, 0.3) is 0 Å². The van der Waals surface area contributed by atoms with E-state index in [1.807, 2.05) is 0 Å². The molecule has 6 heteroatoms. The number of hydrogen-bond donors (Lipinski definition) is 3. The van der Waals surface area contributed by atoms with E-state index in [1.165, 1.54) is 327 Å². The molecule has 3 N–H and O–H groups in total. The maximum Gasteiger partial charge on any atom is 0.305 e. The van der Waals surface area contributed by atoms with Gasteiger partial charge in [-0.3, -0.25) is 9.59 Å². The van der Waals surface area contributed by atoms with Crippen LogP contribution in [0.4, 0.5) is 0 Å². The number of amides is 1. The minimum Gasteiger partial charge on any atom is -0.466 e. The van der Waals surface area contributed by atoms with E-state index in [-0.39, 0.29) is 18.5 Å². The summed E-state index contributed by atoms with van der Waals surface area (Å²) in [5, 5.41) is 23.2. The van der Waals surface area contributed by atoms with Gasteiger partial charge in [-0.15, -0.1) is 0 Å². The van der Waals surface area contributed by atoms with Crippen LogP contribution in [0, 0.1) is 0 Å². The lowest BCUT2D eigenvalue weighted by Crippen LogP contribution is -2.45. The summed E-state index contributed by atoms with van der Waals surface area (Å²) in [4.78, 5) is 24.5. The molecule has 0 saturated heterocycles. The number of ether oxygens (including phenoxy) is 1. The number of aliphatic hydroxyl groups is 2. The molecule has 0 aliphatic rings. The van der Waals surface area contributed by atoms with Gasteiger partial charge in [0, 0.05) is 12.8 Å². The fraction of sp³-hybridized carbons (Fsp3) is 0.943. The predicted molar refractivity (Wildman–Crippen MR) is 333 cm³/mol. The summed E-state index contributed by atoms with van der Waals surface area (Å²) in [6, 6.07) is -0.536. The number of carbonyl (C=O) groups is 2. The molecule has 0 heterocycles. The summed E-state index contributed by atoms with van der Waals surface area (Å²) in [5.74, 6) is -0.00802. The van der Waals surface area contributed by atoms with Crippen molar-refractivity contribution in [2.75, 3.05) is 13.2 Å². The van der Waals surface area contributed by atoms with Crippen LogP contribution in [0.1, 0.15) is 399 Å². The van der Waals surface area contributed by atoms with Gasteiger partial charge in [-0.2, -0.15) is 0 Å². The first-order valence-corrected chi connectivity index (χ1v) is 34.9. The van der Waals surface area contributed by atoms with Crippen LogP contribution >= 0.6 is 0 Å².